The van der Waals surface area contributed by atoms with Crippen molar-refractivity contribution in [3.05, 3.63) is 90.3 Å². The van der Waals surface area contributed by atoms with Crippen molar-refractivity contribution < 1.29 is 9.53 Å². The maximum absolute atomic E-state index is 13.0. The Balaban J connectivity index is 1.35. The first-order chi connectivity index (χ1) is 18.0. The van der Waals surface area contributed by atoms with E-state index >= 15 is 0 Å². The Morgan fingerprint density at radius 1 is 1.03 bits per heavy atom. The van der Waals surface area contributed by atoms with E-state index in [-0.39, 0.29) is 5.91 Å². The van der Waals surface area contributed by atoms with Crippen LogP contribution in [0.3, 0.4) is 0 Å². The molecule has 1 aliphatic heterocycles. The van der Waals surface area contributed by atoms with Crippen molar-refractivity contribution in [3.63, 3.8) is 0 Å². The molecule has 2 aromatic carbocycles. The second-order valence-electron chi connectivity index (χ2n) is 10.3. The Morgan fingerprint density at radius 3 is 2.38 bits per heavy atom. The first kappa shape index (κ1) is 26.7. The molecule has 0 bridgehead atoms. The summed E-state index contributed by atoms with van der Waals surface area (Å²) in [6, 6.07) is 24.3. The number of ether oxygens (including phenoxy) is 1. The molecule has 0 aliphatic carbocycles. The van der Waals surface area contributed by atoms with Crippen molar-refractivity contribution in [1.82, 2.24) is 9.88 Å². The van der Waals surface area contributed by atoms with Crippen molar-refractivity contribution in [2.75, 3.05) is 24.5 Å². The maximum atomic E-state index is 13.0. The molecule has 2 N–H and O–H groups in total. The van der Waals surface area contributed by atoms with Crippen LogP contribution in [0.4, 0.5) is 5.69 Å². The van der Waals surface area contributed by atoms with E-state index in [9.17, 15) is 4.79 Å². The topological polar surface area (TPSA) is 71.7 Å². The third kappa shape index (κ3) is 7.80. The van der Waals surface area contributed by atoms with Crippen LogP contribution in [0.2, 0.25) is 0 Å². The zero-order chi connectivity index (χ0) is 26.0. The summed E-state index contributed by atoms with van der Waals surface area (Å²) >= 11 is 0. The highest BCUT2D eigenvalue weighted by molar-refractivity contribution is 5.82. The number of rotatable bonds is 11. The van der Waals surface area contributed by atoms with Crippen molar-refractivity contribution >= 4 is 11.6 Å². The van der Waals surface area contributed by atoms with Crippen molar-refractivity contribution in [2.45, 2.75) is 58.2 Å². The van der Waals surface area contributed by atoms with Gasteiger partial charge in [0, 0.05) is 49.7 Å². The minimum atomic E-state index is -0.549. The standard InChI is InChI=1S/C31H40N4O2/c1-24(2)15-21-35(27-11-13-29(14-12-27)37-23-25-8-4-3-5-9-25)28-16-19-34(20-17-28)31(36)30(32)22-26-10-6-7-18-33-26/h3-14,18,24,28,30H,15-17,19-23,32H2,1-2H3. The van der Waals surface area contributed by atoms with E-state index in [4.69, 9.17) is 10.5 Å². The number of carbonyl (C=O) groups excluding carboxylic acids is 1. The third-order valence-electron chi connectivity index (χ3n) is 7.05. The summed E-state index contributed by atoms with van der Waals surface area (Å²) in [5.41, 5.74) is 9.50. The summed E-state index contributed by atoms with van der Waals surface area (Å²) in [5.74, 6) is 1.53. The van der Waals surface area contributed by atoms with E-state index in [0.717, 1.165) is 55.9 Å². The molecule has 1 aliphatic rings. The number of aromatic nitrogens is 1. The number of likely N-dealkylation sites (tertiary alicyclic amines) is 1. The second kappa shape index (κ2) is 13.2. The minimum Gasteiger partial charge on any atom is -0.489 e. The van der Waals surface area contributed by atoms with Crippen LogP contribution >= 0.6 is 0 Å². The Morgan fingerprint density at radius 2 is 1.73 bits per heavy atom. The Labute approximate surface area is 221 Å². The number of hydrogen-bond acceptors (Lipinski definition) is 5. The van der Waals surface area contributed by atoms with Crippen LogP contribution in [0.5, 0.6) is 5.75 Å². The Bertz CT molecular complexity index is 1080. The highest BCUT2D eigenvalue weighted by Crippen LogP contribution is 2.27. The molecule has 1 atom stereocenters. The molecule has 6 heteroatoms. The number of nitrogens with two attached hydrogens (primary N) is 1. The first-order valence-corrected chi connectivity index (χ1v) is 13.5. The van der Waals surface area contributed by atoms with Gasteiger partial charge in [0.05, 0.1) is 6.04 Å². The van der Waals surface area contributed by atoms with Gasteiger partial charge in [-0.25, -0.2) is 0 Å². The van der Waals surface area contributed by atoms with Crippen LogP contribution in [0.1, 0.15) is 44.4 Å². The van der Waals surface area contributed by atoms with Gasteiger partial charge in [-0.05, 0) is 67.1 Å². The number of carbonyl (C=O) groups is 1. The summed E-state index contributed by atoms with van der Waals surface area (Å²) in [6.45, 7) is 7.56. The fraction of sp³-hybridized carbons (Fsp3) is 0.419. The zero-order valence-corrected chi connectivity index (χ0v) is 22.1. The summed E-state index contributed by atoms with van der Waals surface area (Å²) in [7, 11) is 0. The van der Waals surface area contributed by atoms with Gasteiger partial charge in [-0.1, -0.05) is 50.2 Å². The predicted octanol–water partition coefficient (Wildman–Crippen LogP) is 5.07. The average Bonchev–Trinajstić information content (AvgIpc) is 2.93. The maximum Gasteiger partial charge on any atom is 0.239 e. The number of amides is 1. The van der Waals surface area contributed by atoms with E-state index in [2.05, 4.69) is 60.1 Å². The fourth-order valence-corrected chi connectivity index (χ4v) is 4.86. The van der Waals surface area contributed by atoms with E-state index in [1.165, 1.54) is 5.69 Å². The molecule has 0 saturated carbocycles. The molecule has 2 heterocycles. The van der Waals surface area contributed by atoms with Crippen molar-refractivity contribution in [1.29, 1.82) is 0 Å². The molecule has 1 saturated heterocycles. The monoisotopic (exact) mass is 500 g/mol. The smallest absolute Gasteiger partial charge is 0.239 e. The predicted molar refractivity (Wildman–Crippen MR) is 150 cm³/mol. The van der Waals surface area contributed by atoms with E-state index in [0.29, 0.717) is 25.0 Å². The van der Waals surface area contributed by atoms with Gasteiger partial charge in [0.25, 0.3) is 0 Å². The highest BCUT2D eigenvalue weighted by atomic mass is 16.5. The molecule has 196 valence electrons. The molecule has 1 aromatic heterocycles. The second-order valence-corrected chi connectivity index (χ2v) is 10.3. The lowest BCUT2D eigenvalue weighted by molar-refractivity contribution is -0.133. The summed E-state index contributed by atoms with van der Waals surface area (Å²) in [5, 5.41) is 0. The number of anilines is 1. The Hall–Kier alpha value is -3.38. The molecule has 37 heavy (non-hydrogen) atoms. The lowest BCUT2D eigenvalue weighted by atomic mass is 9.99. The normalized spacial score (nSPS) is 15.0. The van der Waals surface area contributed by atoms with Gasteiger partial charge < -0.3 is 20.3 Å². The number of nitrogens with zero attached hydrogens (tertiary/aromatic N) is 3. The lowest BCUT2D eigenvalue weighted by Gasteiger charge is -2.40. The molecule has 4 rings (SSSR count). The van der Waals surface area contributed by atoms with Gasteiger partial charge >= 0.3 is 0 Å². The van der Waals surface area contributed by atoms with Crippen LogP contribution in [-0.2, 0) is 17.8 Å². The quantitative estimate of drug-likeness (QED) is 0.398. The average molecular weight is 501 g/mol. The highest BCUT2D eigenvalue weighted by Gasteiger charge is 2.29. The van der Waals surface area contributed by atoms with Crippen molar-refractivity contribution in [2.24, 2.45) is 11.7 Å². The molecule has 0 radical (unpaired) electrons. The zero-order valence-electron chi connectivity index (χ0n) is 22.1. The largest absolute Gasteiger partial charge is 0.489 e. The molecule has 1 unspecified atom stereocenters. The molecule has 0 spiro atoms. The van der Waals surface area contributed by atoms with Crippen LogP contribution in [0.25, 0.3) is 0 Å². The van der Waals surface area contributed by atoms with Gasteiger partial charge in [0.2, 0.25) is 5.91 Å². The number of pyridine rings is 1. The molecule has 3 aromatic rings. The van der Waals surface area contributed by atoms with Gasteiger partial charge in [0.1, 0.15) is 12.4 Å². The number of hydrogen-bond donors (Lipinski definition) is 1. The summed E-state index contributed by atoms with van der Waals surface area (Å²) in [4.78, 5) is 21.8. The van der Waals surface area contributed by atoms with Crippen LogP contribution < -0.4 is 15.4 Å². The van der Waals surface area contributed by atoms with Crippen LogP contribution in [0, 0.1) is 5.92 Å². The van der Waals surface area contributed by atoms with Crippen LogP contribution in [0.15, 0.2) is 79.0 Å². The molecule has 1 amide bonds. The summed E-state index contributed by atoms with van der Waals surface area (Å²) < 4.78 is 6.00. The summed E-state index contributed by atoms with van der Waals surface area (Å²) in [6.07, 6.45) is 5.21. The fourth-order valence-electron chi connectivity index (χ4n) is 4.86. The molecule has 1 fully saturated rings. The molecule has 6 nitrogen and oxygen atoms in total. The SMILES string of the molecule is CC(C)CCN(c1ccc(OCc2ccccc2)cc1)C1CCN(C(=O)C(N)Cc2ccccn2)CC1. The van der Waals surface area contributed by atoms with Gasteiger partial charge in [-0.2, -0.15) is 0 Å². The number of piperidine rings is 1. The molecular weight excluding hydrogens is 460 g/mol. The van der Waals surface area contributed by atoms with Gasteiger partial charge in [0.15, 0.2) is 0 Å². The van der Waals surface area contributed by atoms with Gasteiger partial charge in [-0.15, -0.1) is 0 Å². The van der Waals surface area contributed by atoms with Crippen molar-refractivity contribution in [3.8, 4) is 5.75 Å². The number of benzene rings is 2. The third-order valence-corrected chi connectivity index (χ3v) is 7.05. The van der Waals surface area contributed by atoms with Crippen LogP contribution in [-0.4, -0.2) is 47.5 Å². The van der Waals surface area contributed by atoms with Gasteiger partial charge in [-0.3, -0.25) is 9.78 Å². The lowest BCUT2D eigenvalue weighted by Crippen LogP contribution is -2.52. The van der Waals surface area contributed by atoms with E-state index in [1.807, 2.05) is 41.3 Å². The Kier molecular flexibility index (Phi) is 9.55. The first-order valence-electron chi connectivity index (χ1n) is 13.5. The van der Waals surface area contributed by atoms with E-state index in [1.54, 1.807) is 6.20 Å². The minimum absolute atomic E-state index is 0.0257. The van der Waals surface area contributed by atoms with E-state index < -0.39 is 6.04 Å². The molecular formula is C31H40N4O2.